The molecule has 4 aromatic carbocycles. The van der Waals surface area contributed by atoms with Gasteiger partial charge in [-0.2, -0.15) is 10.5 Å². The molecule has 0 unspecified atom stereocenters. The van der Waals surface area contributed by atoms with E-state index in [4.69, 9.17) is 29.7 Å². The Morgan fingerprint density at radius 1 is 0.686 bits per heavy atom. The second kappa shape index (κ2) is 18.4. The third kappa shape index (κ3) is 9.63. The highest BCUT2D eigenvalue weighted by Crippen LogP contribution is 2.30. The number of ether oxygens (including phenoxy) is 3. The molecule has 0 saturated carbocycles. The molecule has 51 heavy (non-hydrogen) atoms. The van der Waals surface area contributed by atoms with Gasteiger partial charge in [-0.25, -0.2) is 0 Å². The van der Waals surface area contributed by atoms with E-state index >= 15 is 0 Å². The summed E-state index contributed by atoms with van der Waals surface area (Å²) < 4.78 is 15.5. The van der Waals surface area contributed by atoms with Gasteiger partial charge in [0.05, 0.1) is 65.3 Å². The van der Waals surface area contributed by atoms with Crippen LogP contribution in [0.2, 0.25) is 0 Å². The largest absolute Gasteiger partial charge is 0.497 e. The van der Waals surface area contributed by atoms with Gasteiger partial charge in [0.15, 0.2) is 0 Å². The maximum atomic E-state index is 10.4. The van der Waals surface area contributed by atoms with Crippen molar-refractivity contribution in [3.05, 3.63) is 124 Å². The van der Waals surface area contributed by atoms with Gasteiger partial charge in [0.2, 0.25) is 0 Å². The lowest BCUT2D eigenvalue weighted by atomic mass is 10.0. The van der Waals surface area contributed by atoms with E-state index in [0.717, 1.165) is 61.7 Å². The number of hydrogen-bond donors (Lipinski definition) is 5. The number of aliphatic hydroxyl groups is 3. The molecule has 5 N–H and O–H groups in total. The number of carbonyl (C=O) groups excluding carboxylic acids is 1. The molecule has 6 rings (SSSR count). The first-order valence-corrected chi connectivity index (χ1v) is 15.7. The number of aliphatic hydroxyl groups excluding tert-OH is 3. The number of fused-ring (bicyclic) bond motifs is 2. The number of nitriles is 2. The van der Waals surface area contributed by atoms with E-state index in [1.165, 1.54) is 7.11 Å². The molecule has 2 heterocycles. The fraction of sp³-hybridized carbons (Fsp3) is 0.175. The molecule has 11 heteroatoms. The summed E-state index contributed by atoms with van der Waals surface area (Å²) in [6.45, 7) is -0.143. The molecule has 2 aromatic heterocycles. The zero-order valence-corrected chi connectivity index (χ0v) is 28.4. The molecule has 260 valence electrons. The van der Waals surface area contributed by atoms with Crippen molar-refractivity contribution in [3.8, 4) is 29.4 Å². The van der Waals surface area contributed by atoms with Crippen LogP contribution < -0.4 is 14.2 Å². The molecule has 0 bridgehead atoms. The second-order valence-corrected chi connectivity index (χ2v) is 11.1. The number of nitrogens with one attached hydrogen (secondary N) is 2. The minimum atomic E-state index is -0.0930. The number of H-pyrrole nitrogens is 2. The van der Waals surface area contributed by atoms with E-state index in [2.05, 4.69) is 22.1 Å². The van der Waals surface area contributed by atoms with Crippen LogP contribution in [0.1, 0.15) is 43.7 Å². The van der Waals surface area contributed by atoms with E-state index in [1.807, 2.05) is 60.9 Å². The number of carbonyl (C=O) groups is 1. The van der Waals surface area contributed by atoms with Gasteiger partial charge in [0, 0.05) is 45.3 Å². The Kier molecular flexibility index (Phi) is 13.5. The normalized spacial score (nSPS) is 10.6. The highest BCUT2D eigenvalue weighted by atomic mass is 16.5. The lowest BCUT2D eigenvalue weighted by Gasteiger charge is -2.06. The maximum absolute atomic E-state index is 10.4. The first kappa shape index (κ1) is 37.4. The molecule has 0 spiro atoms. The van der Waals surface area contributed by atoms with Crippen LogP contribution in [-0.4, -0.2) is 52.9 Å². The van der Waals surface area contributed by atoms with E-state index in [1.54, 1.807) is 44.6 Å². The molecule has 0 atom stereocenters. The zero-order chi connectivity index (χ0) is 36.8. The topological polar surface area (TPSA) is 185 Å². The Hall–Kier alpha value is -6.37. The molecule has 11 nitrogen and oxygen atoms in total. The van der Waals surface area contributed by atoms with Crippen molar-refractivity contribution >= 4 is 39.7 Å². The average Bonchev–Trinajstić information content (AvgIpc) is 3.80. The third-order valence-corrected chi connectivity index (χ3v) is 7.84. The van der Waals surface area contributed by atoms with Gasteiger partial charge in [-0.05, 0) is 101 Å². The summed E-state index contributed by atoms with van der Waals surface area (Å²) in [5, 5.41) is 47.4. The van der Waals surface area contributed by atoms with Crippen LogP contribution in [0.3, 0.4) is 0 Å². The number of aldehydes is 1. The molecule has 6 aromatic rings. The number of allylic oxidation sites excluding steroid dienone is 1. The lowest BCUT2D eigenvalue weighted by Crippen LogP contribution is -1.90. The van der Waals surface area contributed by atoms with Crippen molar-refractivity contribution in [1.82, 2.24) is 9.97 Å². The Balaban J connectivity index is 0.000000189. The van der Waals surface area contributed by atoms with Crippen molar-refractivity contribution in [2.45, 2.75) is 26.2 Å². The van der Waals surface area contributed by atoms with Crippen LogP contribution in [-0.2, 0) is 26.2 Å². The quantitative estimate of drug-likeness (QED) is 0.0796. The van der Waals surface area contributed by atoms with E-state index in [-0.39, 0.29) is 19.8 Å². The summed E-state index contributed by atoms with van der Waals surface area (Å²) in [7, 11) is 4.70. The molecule has 0 radical (unpaired) electrons. The monoisotopic (exact) mass is 686 g/mol. The Labute approximate surface area is 295 Å². The van der Waals surface area contributed by atoms with Crippen molar-refractivity contribution in [3.63, 3.8) is 0 Å². The van der Waals surface area contributed by atoms with Crippen LogP contribution in [0.5, 0.6) is 17.2 Å². The highest BCUT2D eigenvalue weighted by Gasteiger charge is 2.11. The summed E-state index contributed by atoms with van der Waals surface area (Å²) in [5.41, 5.74) is 7.80. The molecule has 0 fully saturated rings. The number of methoxy groups -OCH3 is 3. The summed E-state index contributed by atoms with van der Waals surface area (Å²) in [6.07, 6.45) is 6.56. The Morgan fingerprint density at radius 2 is 1.27 bits per heavy atom. The first-order valence-electron chi connectivity index (χ1n) is 15.7. The number of nitrogens with zero attached hydrogens (tertiary/aromatic N) is 2. The van der Waals surface area contributed by atoms with Crippen molar-refractivity contribution in [1.29, 1.82) is 10.5 Å². The van der Waals surface area contributed by atoms with Crippen LogP contribution in [0, 0.1) is 22.7 Å². The number of benzene rings is 4. The van der Waals surface area contributed by atoms with Crippen LogP contribution in [0.25, 0.3) is 33.5 Å². The number of aromatic amines is 2. The predicted molar refractivity (Wildman–Crippen MR) is 195 cm³/mol. The molecule has 0 aliphatic carbocycles. The van der Waals surface area contributed by atoms with Crippen LogP contribution >= 0.6 is 0 Å². The lowest BCUT2D eigenvalue weighted by molar-refractivity contribution is 0.112. The number of aromatic nitrogens is 2. The molecular formula is C40H38N4O7. The zero-order valence-electron chi connectivity index (χ0n) is 28.4. The van der Waals surface area contributed by atoms with E-state index in [9.17, 15) is 15.2 Å². The Bertz CT molecular complexity index is 2180. The molecular weight excluding hydrogens is 648 g/mol. The van der Waals surface area contributed by atoms with E-state index < -0.39 is 0 Å². The van der Waals surface area contributed by atoms with Crippen molar-refractivity contribution in [2.24, 2.45) is 0 Å². The summed E-state index contributed by atoms with van der Waals surface area (Å²) in [5.74, 6) is 1.95. The standard InChI is InChI=1S/C20H18N2O3.C11H10N2O.C9H10O3/c1-24-16-3-4-20-18(9-16)19(11-22-20)15(10-21)6-13-5-14(12-23)8-17(7-13)25-2;12-4-3-9-6-13-11-2-1-8(7-14)5-10(9)11;1-12-9-3-7(5-10)2-8(4-9)6-11/h3-9,11,22-23H,12H2,1-2H3;1-2,5-6,13-14H,3,7H2;2-5,11H,6H2,1H3/b15-6+;;. The van der Waals surface area contributed by atoms with Crippen molar-refractivity contribution < 1.29 is 34.3 Å². The van der Waals surface area contributed by atoms with Crippen molar-refractivity contribution in [2.75, 3.05) is 21.3 Å². The second-order valence-electron chi connectivity index (χ2n) is 11.1. The predicted octanol–water partition coefficient (Wildman–Crippen LogP) is 6.47. The molecule has 0 saturated heterocycles. The van der Waals surface area contributed by atoms with Gasteiger partial charge in [-0.3, -0.25) is 4.79 Å². The van der Waals surface area contributed by atoms with Gasteiger partial charge in [-0.1, -0.05) is 6.07 Å². The van der Waals surface area contributed by atoms with Gasteiger partial charge in [0.25, 0.3) is 0 Å². The molecule has 0 amide bonds. The average molecular weight is 687 g/mol. The fourth-order valence-electron chi connectivity index (χ4n) is 5.28. The Morgan fingerprint density at radius 3 is 1.86 bits per heavy atom. The maximum Gasteiger partial charge on any atom is 0.150 e. The minimum absolute atomic E-state index is 0.0348. The van der Waals surface area contributed by atoms with Gasteiger partial charge < -0.3 is 39.5 Å². The smallest absolute Gasteiger partial charge is 0.150 e. The van der Waals surface area contributed by atoms with Gasteiger partial charge >= 0.3 is 0 Å². The third-order valence-electron chi connectivity index (χ3n) is 7.84. The summed E-state index contributed by atoms with van der Waals surface area (Å²) in [4.78, 5) is 16.7. The number of hydrogen-bond acceptors (Lipinski definition) is 9. The van der Waals surface area contributed by atoms with Gasteiger partial charge in [-0.15, -0.1) is 0 Å². The number of rotatable bonds is 10. The van der Waals surface area contributed by atoms with Crippen LogP contribution in [0.15, 0.2) is 85.2 Å². The highest BCUT2D eigenvalue weighted by molar-refractivity contribution is 6.01. The SMILES string of the molecule is COc1cc(/C=C(\C#N)c2c[nH]c3ccc(OC)cc23)cc(CO)c1.COc1cc(C=O)cc(CO)c1.N#CCc1c[nH]c2ccc(CO)cc12. The molecule has 0 aliphatic heterocycles. The minimum Gasteiger partial charge on any atom is -0.497 e. The summed E-state index contributed by atoms with van der Waals surface area (Å²) >= 11 is 0. The molecule has 0 aliphatic rings. The van der Waals surface area contributed by atoms with Gasteiger partial charge in [0.1, 0.15) is 23.5 Å². The first-order chi connectivity index (χ1) is 24.8. The summed E-state index contributed by atoms with van der Waals surface area (Å²) in [6, 6.07) is 26.1. The fourth-order valence-corrected chi connectivity index (χ4v) is 5.28. The van der Waals surface area contributed by atoms with E-state index in [0.29, 0.717) is 34.6 Å². The van der Waals surface area contributed by atoms with Crippen LogP contribution in [0.4, 0.5) is 0 Å².